The highest BCUT2D eigenvalue weighted by atomic mass is 19.4. The number of aliphatic carboxylic acids is 1. The average molecular weight is 332 g/mol. The molecule has 2 rings (SSSR count). The smallest absolute Gasteiger partial charge is 0.475 e. The molecule has 0 aromatic carbocycles. The van der Waals surface area contributed by atoms with Gasteiger partial charge in [-0.1, -0.05) is 11.2 Å². The molecule has 11 heteroatoms. The predicted molar refractivity (Wildman–Crippen MR) is 60.6 cm³/mol. The number of carboxylic acid groups (broad SMARTS) is 1. The number of hydrogen-bond donors (Lipinski definition) is 2. The number of carboxylic acids is 1. The molecule has 1 aliphatic heterocycles. The molecule has 0 aliphatic carbocycles. The van der Waals surface area contributed by atoms with E-state index in [0.717, 1.165) is 19.2 Å². The standard InChI is InChI=1S/C9H9F3N2O.C2HF3O2/c10-9(11,12)8-3-7(14-15-8)2-1-6-4-13-5-6;3-2(4,5)1(6)7/h1-3,6,13H,4-5H2;(H,6,7). The van der Waals surface area contributed by atoms with Gasteiger partial charge in [-0.25, -0.2) is 4.79 Å². The molecule has 0 bridgehead atoms. The van der Waals surface area contributed by atoms with Crippen LogP contribution in [-0.2, 0) is 11.0 Å². The zero-order valence-electron chi connectivity index (χ0n) is 10.7. The van der Waals surface area contributed by atoms with Crippen LogP contribution in [0.15, 0.2) is 16.7 Å². The van der Waals surface area contributed by atoms with Crippen LogP contribution < -0.4 is 5.32 Å². The first-order chi connectivity index (χ1) is 10.00. The molecule has 1 aliphatic rings. The summed E-state index contributed by atoms with van der Waals surface area (Å²) in [5.74, 6) is -3.43. The van der Waals surface area contributed by atoms with Gasteiger partial charge in [-0.05, 0) is 6.08 Å². The van der Waals surface area contributed by atoms with E-state index in [-0.39, 0.29) is 5.69 Å². The van der Waals surface area contributed by atoms with Crippen LogP contribution in [0.2, 0.25) is 0 Å². The molecule has 0 radical (unpaired) electrons. The van der Waals surface area contributed by atoms with Gasteiger partial charge in [-0.3, -0.25) is 0 Å². The highest BCUT2D eigenvalue weighted by Gasteiger charge is 2.38. The van der Waals surface area contributed by atoms with E-state index in [0.29, 0.717) is 5.92 Å². The van der Waals surface area contributed by atoms with Gasteiger partial charge in [0.1, 0.15) is 5.69 Å². The Morgan fingerprint density at radius 3 is 2.18 bits per heavy atom. The van der Waals surface area contributed by atoms with E-state index in [4.69, 9.17) is 9.90 Å². The van der Waals surface area contributed by atoms with Crippen molar-refractivity contribution in [1.29, 1.82) is 0 Å². The van der Waals surface area contributed by atoms with Gasteiger partial charge in [-0.2, -0.15) is 26.3 Å². The molecule has 2 N–H and O–H groups in total. The molecule has 0 amide bonds. The summed E-state index contributed by atoms with van der Waals surface area (Å²) in [6, 6.07) is 0.891. The minimum Gasteiger partial charge on any atom is -0.475 e. The van der Waals surface area contributed by atoms with E-state index in [1.807, 2.05) is 6.08 Å². The molecule has 22 heavy (non-hydrogen) atoms. The maximum atomic E-state index is 12.1. The topological polar surface area (TPSA) is 75.4 Å². The van der Waals surface area contributed by atoms with Gasteiger partial charge < -0.3 is 14.9 Å². The zero-order chi connectivity index (χ0) is 17.0. The Bertz CT molecular complexity index is 531. The Morgan fingerprint density at radius 2 is 1.86 bits per heavy atom. The molecule has 0 spiro atoms. The summed E-state index contributed by atoms with van der Waals surface area (Å²) in [5.41, 5.74) is 0.203. The number of nitrogens with zero attached hydrogens (tertiary/aromatic N) is 1. The first-order valence-corrected chi connectivity index (χ1v) is 5.73. The van der Waals surface area contributed by atoms with Crippen LogP contribution in [0.1, 0.15) is 11.5 Å². The number of carbonyl (C=O) groups is 1. The Kier molecular flexibility index (Phi) is 5.58. The quantitative estimate of drug-likeness (QED) is 0.814. The van der Waals surface area contributed by atoms with Crippen molar-refractivity contribution < 1.29 is 40.8 Å². The summed E-state index contributed by atoms with van der Waals surface area (Å²) in [7, 11) is 0. The number of alkyl halides is 6. The second-order valence-corrected chi connectivity index (χ2v) is 4.19. The fourth-order valence-corrected chi connectivity index (χ4v) is 1.18. The van der Waals surface area contributed by atoms with Crippen LogP contribution in [-0.4, -0.2) is 35.5 Å². The Labute approximate surface area is 119 Å². The van der Waals surface area contributed by atoms with Gasteiger partial charge in [0, 0.05) is 25.1 Å². The average Bonchev–Trinajstić information content (AvgIpc) is 2.74. The maximum Gasteiger partial charge on any atom is 0.490 e. The first-order valence-electron chi connectivity index (χ1n) is 5.73. The van der Waals surface area contributed by atoms with Crippen molar-refractivity contribution in [2.75, 3.05) is 13.1 Å². The van der Waals surface area contributed by atoms with E-state index >= 15 is 0 Å². The zero-order valence-corrected chi connectivity index (χ0v) is 10.7. The van der Waals surface area contributed by atoms with Gasteiger partial charge in [0.05, 0.1) is 0 Å². The molecule has 1 saturated heterocycles. The third-order valence-corrected chi connectivity index (χ3v) is 2.40. The highest BCUT2D eigenvalue weighted by Crippen LogP contribution is 2.29. The molecule has 1 aromatic rings. The van der Waals surface area contributed by atoms with Gasteiger partial charge in [0.15, 0.2) is 0 Å². The number of hydrogen-bond acceptors (Lipinski definition) is 4. The Balaban J connectivity index is 0.000000295. The normalized spacial score (nSPS) is 16.1. The first kappa shape index (κ1) is 18.0. The highest BCUT2D eigenvalue weighted by molar-refractivity contribution is 5.73. The molecule has 0 atom stereocenters. The lowest BCUT2D eigenvalue weighted by Crippen LogP contribution is -2.40. The molecule has 0 unspecified atom stereocenters. The fourth-order valence-electron chi connectivity index (χ4n) is 1.18. The minimum atomic E-state index is -5.08. The number of aromatic nitrogens is 1. The van der Waals surface area contributed by atoms with E-state index < -0.39 is 24.1 Å². The monoisotopic (exact) mass is 332 g/mol. The van der Waals surface area contributed by atoms with Crippen LogP contribution >= 0.6 is 0 Å². The van der Waals surface area contributed by atoms with E-state index in [1.165, 1.54) is 0 Å². The van der Waals surface area contributed by atoms with E-state index in [9.17, 15) is 26.3 Å². The largest absolute Gasteiger partial charge is 0.490 e. The molecule has 0 saturated carbocycles. The molecule has 2 heterocycles. The van der Waals surface area contributed by atoms with Gasteiger partial charge in [0.2, 0.25) is 5.76 Å². The van der Waals surface area contributed by atoms with Crippen LogP contribution in [0.5, 0.6) is 0 Å². The lowest BCUT2D eigenvalue weighted by Gasteiger charge is -2.23. The molecular formula is C11H10F6N2O3. The van der Waals surface area contributed by atoms with Crippen LogP contribution in [0.25, 0.3) is 6.08 Å². The SMILES string of the molecule is FC(F)(F)c1cc(C=CC2CNC2)no1.O=C(O)C(F)(F)F. The van der Waals surface area contributed by atoms with Crippen LogP contribution in [0, 0.1) is 5.92 Å². The van der Waals surface area contributed by atoms with Crippen molar-refractivity contribution in [2.45, 2.75) is 12.4 Å². The van der Waals surface area contributed by atoms with Crippen LogP contribution in [0.3, 0.4) is 0 Å². The van der Waals surface area contributed by atoms with Crippen molar-refractivity contribution in [2.24, 2.45) is 5.92 Å². The molecule has 5 nitrogen and oxygen atoms in total. The fraction of sp³-hybridized carbons (Fsp3) is 0.455. The number of rotatable bonds is 2. The number of halogens is 6. The van der Waals surface area contributed by atoms with Crippen molar-refractivity contribution in [3.63, 3.8) is 0 Å². The number of nitrogens with one attached hydrogen (secondary N) is 1. The van der Waals surface area contributed by atoms with Gasteiger partial charge in [-0.15, -0.1) is 0 Å². The summed E-state index contributed by atoms with van der Waals surface area (Å²) in [6.07, 6.45) is -6.17. The molecule has 124 valence electrons. The van der Waals surface area contributed by atoms with Crippen molar-refractivity contribution >= 4 is 12.0 Å². The summed E-state index contributed by atoms with van der Waals surface area (Å²) >= 11 is 0. The lowest BCUT2D eigenvalue weighted by molar-refractivity contribution is -0.192. The predicted octanol–water partition coefficient (Wildman–Crippen LogP) is 2.56. The Hall–Kier alpha value is -2.04. The van der Waals surface area contributed by atoms with E-state index in [2.05, 4.69) is 15.0 Å². The minimum absolute atomic E-state index is 0.203. The van der Waals surface area contributed by atoms with Gasteiger partial charge in [0.25, 0.3) is 0 Å². The molecule has 1 aromatic heterocycles. The maximum absolute atomic E-state index is 12.1. The molecule has 1 fully saturated rings. The van der Waals surface area contributed by atoms with Gasteiger partial charge >= 0.3 is 18.3 Å². The summed E-state index contributed by atoms with van der Waals surface area (Å²) < 4.78 is 72.2. The third-order valence-electron chi connectivity index (χ3n) is 2.40. The van der Waals surface area contributed by atoms with E-state index in [1.54, 1.807) is 6.08 Å². The second-order valence-electron chi connectivity index (χ2n) is 4.19. The van der Waals surface area contributed by atoms with Crippen molar-refractivity contribution in [3.8, 4) is 0 Å². The van der Waals surface area contributed by atoms with Crippen molar-refractivity contribution in [1.82, 2.24) is 10.5 Å². The lowest BCUT2D eigenvalue weighted by atomic mass is 10.0. The summed E-state index contributed by atoms with van der Waals surface area (Å²) in [6.45, 7) is 1.72. The second kappa shape index (κ2) is 6.81. The molecular weight excluding hydrogens is 322 g/mol. The third kappa shape index (κ3) is 5.76. The summed E-state index contributed by atoms with van der Waals surface area (Å²) in [4.78, 5) is 8.90. The summed E-state index contributed by atoms with van der Waals surface area (Å²) in [5, 5.41) is 13.5. The van der Waals surface area contributed by atoms with Crippen molar-refractivity contribution in [3.05, 3.63) is 23.6 Å². The van der Waals surface area contributed by atoms with Crippen LogP contribution in [0.4, 0.5) is 26.3 Å². The Morgan fingerprint density at radius 1 is 1.32 bits per heavy atom.